The molecule has 30 heavy (non-hydrogen) atoms. The van der Waals surface area contributed by atoms with Crippen LogP contribution in [0.15, 0.2) is 78.4 Å². The van der Waals surface area contributed by atoms with Crippen LogP contribution in [0, 0.1) is 10.1 Å². The molecule has 1 aliphatic carbocycles. The van der Waals surface area contributed by atoms with Crippen LogP contribution in [0.4, 0.5) is 11.6 Å². The van der Waals surface area contributed by atoms with Gasteiger partial charge in [0.1, 0.15) is 0 Å². The first-order chi connectivity index (χ1) is 14.7. The van der Waals surface area contributed by atoms with E-state index in [0.717, 1.165) is 41.1 Å². The number of nitrogens with one attached hydrogen (secondary N) is 1. The summed E-state index contributed by atoms with van der Waals surface area (Å²) in [4.78, 5) is 16.0. The van der Waals surface area contributed by atoms with Crippen LogP contribution in [0.1, 0.15) is 29.2 Å². The lowest BCUT2D eigenvalue weighted by Crippen LogP contribution is -2.27. The highest BCUT2D eigenvalue weighted by Crippen LogP contribution is 2.46. The molecule has 1 aliphatic heterocycles. The predicted molar refractivity (Wildman–Crippen MR) is 116 cm³/mol. The summed E-state index contributed by atoms with van der Waals surface area (Å²) in [5.74, 6) is 0.767. The van der Waals surface area contributed by atoms with Gasteiger partial charge in [0.05, 0.1) is 27.7 Å². The summed E-state index contributed by atoms with van der Waals surface area (Å²) in [5, 5.41) is 15.0. The van der Waals surface area contributed by atoms with Gasteiger partial charge in [-0.2, -0.15) is 0 Å². The number of nitro benzene ring substituents is 1. The van der Waals surface area contributed by atoms with Crippen LogP contribution in [0.5, 0.6) is 0 Å². The average Bonchev–Trinajstić information content (AvgIpc) is 3.15. The maximum absolute atomic E-state index is 11.5. The number of benzene rings is 3. The van der Waals surface area contributed by atoms with Gasteiger partial charge in [0.25, 0.3) is 5.69 Å². The second kappa shape index (κ2) is 6.29. The third kappa shape index (κ3) is 2.40. The van der Waals surface area contributed by atoms with Crippen molar-refractivity contribution in [3.8, 4) is 0 Å². The highest BCUT2D eigenvalue weighted by Gasteiger charge is 2.34. The van der Waals surface area contributed by atoms with Crippen molar-refractivity contribution in [3.63, 3.8) is 0 Å². The fourth-order valence-electron chi connectivity index (χ4n) is 4.79. The molecule has 146 valence electrons. The normalized spacial score (nSPS) is 17.1. The fourth-order valence-corrected chi connectivity index (χ4v) is 4.79. The SMILES string of the molecule is O=[N+]([O-])c1cccc(C2C3=C(Nc4nc5ccccc5n42)c2ccccc2CC3)c1. The number of rotatable bonds is 2. The van der Waals surface area contributed by atoms with Crippen molar-refractivity contribution in [3.05, 3.63) is 105 Å². The monoisotopic (exact) mass is 394 g/mol. The third-order valence-electron chi connectivity index (χ3n) is 6.09. The zero-order valence-electron chi connectivity index (χ0n) is 16.1. The largest absolute Gasteiger partial charge is 0.325 e. The van der Waals surface area contributed by atoms with Gasteiger partial charge in [-0.3, -0.25) is 14.7 Å². The number of allylic oxidation sites excluding steroid dienone is 1. The van der Waals surface area contributed by atoms with Gasteiger partial charge in [0, 0.05) is 17.7 Å². The number of non-ortho nitro benzene ring substituents is 1. The molecule has 2 heterocycles. The smallest absolute Gasteiger partial charge is 0.269 e. The molecule has 0 saturated carbocycles. The second-order valence-corrected chi connectivity index (χ2v) is 7.73. The molecule has 6 rings (SSSR count). The van der Waals surface area contributed by atoms with Crippen molar-refractivity contribution in [2.45, 2.75) is 18.9 Å². The number of aryl methyl sites for hydroxylation is 1. The minimum absolute atomic E-state index is 0.107. The summed E-state index contributed by atoms with van der Waals surface area (Å²) >= 11 is 0. The van der Waals surface area contributed by atoms with Crippen molar-refractivity contribution < 1.29 is 4.92 Å². The number of hydrogen-bond donors (Lipinski definition) is 1. The third-order valence-corrected chi connectivity index (χ3v) is 6.09. The van der Waals surface area contributed by atoms with Gasteiger partial charge < -0.3 is 5.32 Å². The molecule has 6 nitrogen and oxygen atoms in total. The Morgan fingerprint density at radius 1 is 1.00 bits per heavy atom. The first-order valence-corrected chi connectivity index (χ1v) is 10.0. The first-order valence-electron chi connectivity index (χ1n) is 10.0. The van der Waals surface area contributed by atoms with Gasteiger partial charge in [0.15, 0.2) is 0 Å². The Balaban J connectivity index is 1.65. The molecule has 0 saturated heterocycles. The highest BCUT2D eigenvalue weighted by molar-refractivity contribution is 5.88. The molecule has 2 aliphatic rings. The number of nitro groups is 1. The van der Waals surface area contributed by atoms with E-state index in [-0.39, 0.29) is 16.7 Å². The lowest BCUT2D eigenvalue weighted by molar-refractivity contribution is -0.384. The van der Waals surface area contributed by atoms with E-state index in [1.165, 1.54) is 16.7 Å². The van der Waals surface area contributed by atoms with Gasteiger partial charge in [-0.25, -0.2) is 4.98 Å². The predicted octanol–water partition coefficient (Wildman–Crippen LogP) is 5.32. The highest BCUT2D eigenvalue weighted by atomic mass is 16.6. The van der Waals surface area contributed by atoms with Gasteiger partial charge in [0.2, 0.25) is 5.95 Å². The number of aromatic nitrogens is 2. The minimum atomic E-state index is -0.330. The molecule has 3 aromatic carbocycles. The second-order valence-electron chi connectivity index (χ2n) is 7.73. The fraction of sp³-hybridized carbons (Fsp3) is 0.125. The minimum Gasteiger partial charge on any atom is -0.325 e. The van der Waals surface area contributed by atoms with Gasteiger partial charge in [-0.1, -0.05) is 48.5 Å². The number of hydrogen-bond acceptors (Lipinski definition) is 4. The molecule has 6 heteroatoms. The molecule has 1 N–H and O–H groups in total. The van der Waals surface area contributed by atoms with Gasteiger partial charge in [-0.15, -0.1) is 0 Å². The Bertz CT molecular complexity index is 1370. The number of imidazole rings is 1. The molecule has 0 amide bonds. The lowest BCUT2D eigenvalue weighted by Gasteiger charge is -2.35. The maximum atomic E-state index is 11.5. The van der Waals surface area contributed by atoms with Gasteiger partial charge >= 0.3 is 0 Å². The Hall–Kier alpha value is -3.93. The first kappa shape index (κ1) is 17.0. The standard InChI is InChI=1S/C24H18N4O2/c29-28(30)17-8-5-7-16(14-17)23-19-13-12-15-6-1-2-9-18(15)22(19)26-24-25-20-10-3-4-11-21(20)27(23)24/h1-11,14,23H,12-13H2,(H,25,26). The molecule has 0 bridgehead atoms. The lowest BCUT2D eigenvalue weighted by atomic mass is 9.82. The quantitative estimate of drug-likeness (QED) is 0.369. The van der Waals surface area contributed by atoms with Crippen molar-refractivity contribution >= 4 is 28.4 Å². The summed E-state index contributed by atoms with van der Waals surface area (Å²) in [6.45, 7) is 0. The van der Waals surface area contributed by atoms with Crippen molar-refractivity contribution in [1.29, 1.82) is 0 Å². The summed E-state index contributed by atoms with van der Waals surface area (Å²) in [6, 6.07) is 23.3. The van der Waals surface area contributed by atoms with E-state index in [9.17, 15) is 10.1 Å². The zero-order chi connectivity index (χ0) is 20.2. The van der Waals surface area contributed by atoms with Crippen LogP contribution in [-0.2, 0) is 6.42 Å². The van der Waals surface area contributed by atoms with E-state index in [1.54, 1.807) is 18.2 Å². The summed E-state index contributed by atoms with van der Waals surface area (Å²) < 4.78 is 2.18. The van der Waals surface area contributed by atoms with Crippen LogP contribution < -0.4 is 5.32 Å². The zero-order valence-corrected chi connectivity index (χ0v) is 16.1. The van der Waals surface area contributed by atoms with Crippen LogP contribution in [-0.4, -0.2) is 14.5 Å². The maximum Gasteiger partial charge on any atom is 0.269 e. The Labute approximate surface area is 172 Å². The molecule has 1 atom stereocenters. The number of fused-ring (bicyclic) bond motifs is 5. The van der Waals surface area contributed by atoms with E-state index in [2.05, 4.69) is 40.2 Å². The number of nitrogens with zero attached hydrogens (tertiary/aromatic N) is 3. The van der Waals surface area contributed by atoms with Crippen LogP contribution in [0.2, 0.25) is 0 Å². The molecule has 0 fully saturated rings. The molecule has 1 aromatic heterocycles. The van der Waals surface area contributed by atoms with E-state index in [0.29, 0.717) is 0 Å². The summed E-state index contributed by atoms with van der Waals surface area (Å²) in [7, 11) is 0. The molecule has 0 radical (unpaired) electrons. The Kier molecular flexibility index (Phi) is 3.56. The molecular weight excluding hydrogens is 376 g/mol. The van der Waals surface area contributed by atoms with E-state index in [4.69, 9.17) is 4.98 Å². The molecular formula is C24H18N4O2. The van der Waals surface area contributed by atoms with Crippen molar-refractivity contribution in [2.24, 2.45) is 0 Å². The molecule has 0 spiro atoms. The van der Waals surface area contributed by atoms with Crippen LogP contribution in [0.25, 0.3) is 16.7 Å². The van der Waals surface area contributed by atoms with Crippen molar-refractivity contribution in [1.82, 2.24) is 9.55 Å². The average molecular weight is 394 g/mol. The van der Waals surface area contributed by atoms with Gasteiger partial charge in [-0.05, 0) is 41.7 Å². The topological polar surface area (TPSA) is 73.0 Å². The van der Waals surface area contributed by atoms with E-state index in [1.807, 2.05) is 24.3 Å². The van der Waals surface area contributed by atoms with Crippen LogP contribution >= 0.6 is 0 Å². The summed E-state index contributed by atoms with van der Waals surface area (Å²) in [6.07, 6.45) is 1.84. The van der Waals surface area contributed by atoms with E-state index < -0.39 is 0 Å². The van der Waals surface area contributed by atoms with Crippen LogP contribution in [0.3, 0.4) is 0 Å². The molecule has 1 unspecified atom stereocenters. The number of para-hydroxylation sites is 2. The Morgan fingerprint density at radius 2 is 1.83 bits per heavy atom. The van der Waals surface area contributed by atoms with Crippen molar-refractivity contribution in [2.75, 3.05) is 5.32 Å². The summed E-state index contributed by atoms with van der Waals surface area (Å²) in [5.41, 5.74) is 7.75. The number of anilines is 1. The molecule has 4 aromatic rings. The van der Waals surface area contributed by atoms with E-state index >= 15 is 0 Å². The Morgan fingerprint density at radius 3 is 2.73 bits per heavy atom.